The van der Waals surface area contributed by atoms with Gasteiger partial charge in [0.05, 0.1) is 22.5 Å². The molecule has 7 nitrogen and oxygen atoms in total. The van der Waals surface area contributed by atoms with E-state index in [1.54, 1.807) is 4.57 Å². The monoisotopic (exact) mass is 494 g/mol. The van der Waals surface area contributed by atoms with Crippen LogP contribution in [0.1, 0.15) is 62.3 Å². The molecule has 1 aromatic carbocycles. The number of fused-ring (bicyclic) bond motifs is 1. The Labute approximate surface area is 217 Å². The van der Waals surface area contributed by atoms with E-state index >= 15 is 0 Å². The van der Waals surface area contributed by atoms with Crippen molar-refractivity contribution in [2.24, 2.45) is 0 Å². The summed E-state index contributed by atoms with van der Waals surface area (Å²) in [5.41, 5.74) is 6.30. The smallest absolute Gasteiger partial charge is 0.351 e. The van der Waals surface area contributed by atoms with Crippen molar-refractivity contribution >= 4 is 16.9 Å². The fraction of sp³-hybridized carbons (Fsp3) is 0.400. The molecule has 1 N–H and O–H groups in total. The molecule has 2 aliphatic rings. The molecule has 1 aliphatic carbocycles. The zero-order chi connectivity index (χ0) is 25.7. The summed E-state index contributed by atoms with van der Waals surface area (Å²) in [5, 5.41) is 4.39. The van der Waals surface area contributed by atoms with Gasteiger partial charge in [0.25, 0.3) is 0 Å². The van der Waals surface area contributed by atoms with Gasteiger partial charge >= 0.3 is 5.69 Å². The molecular weight excluding hydrogens is 460 g/mol. The number of rotatable bonds is 5. The highest BCUT2D eigenvalue weighted by atomic mass is 16.1. The summed E-state index contributed by atoms with van der Waals surface area (Å²) in [4.78, 5) is 31.0. The Balaban J connectivity index is 1.73. The van der Waals surface area contributed by atoms with E-state index in [1.165, 1.54) is 18.4 Å². The summed E-state index contributed by atoms with van der Waals surface area (Å²) < 4.78 is 1.71. The van der Waals surface area contributed by atoms with Gasteiger partial charge in [-0.15, -0.1) is 0 Å². The van der Waals surface area contributed by atoms with E-state index < -0.39 is 0 Å². The van der Waals surface area contributed by atoms with Crippen molar-refractivity contribution < 1.29 is 0 Å². The Kier molecular flexibility index (Phi) is 6.03. The summed E-state index contributed by atoms with van der Waals surface area (Å²) in [5.74, 6) is 1.38. The minimum atomic E-state index is -0.308. The predicted molar refractivity (Wildman–Crippen MR) is 149 cm³/mol. The van der Waals surface area contributed by atoms with Crippen LogP contribution in [0.25, 0.3) is 28.0 Å². The molecule has 1 atom stereocenters. The number of aryl methyl sites for hydroxylation is 1. The van der Waals surface area contributed by atoms with Crippen LogP contribution < -0.4 is 15.9 Å². The van der Waals surface area contributed by atoms with Gasteiger partial charge in [0.2, 0.25) is 0 Å². The second-order valence-electron chi connectivity index (χ2n) is 10.8. The first-order chi connectivity index (χ1) is 17.9. The average molecular weight is 495 g/mol. The molecule has 1 saturated carbocycles. The van der Waals surface area contributed by atoms with E-state index in [9.17, 15) is 4.79 Å². The lowest BCUT2D eigenvalue weighted by atomic mass is 10.00. The summed E-state index contributed by atoms with van der Waals surface area (Å²) in [7, 11) is 0. The van der Waals surface area contributed by atoms with E-state index in [0.29, 0.717) is 11.6 Å². The second-order valence-corrected chi connectivity index (χ2v) is 10.8. The third-order valence-corrected chi connectivity index (χ3v) is 7.64. The highest BCUT2D eigenvalue weighted by Crippen LogP contribution is 2.45. The first kappa shape index (κ1) is 23.8. The van der Waals surface area contributed by atoms with E-state index in [0.717, 1.165) is 59.0 Å². The molecule has 4 aromatic rings. The Morgan fingerprint density at radius 1 is 1.08 bits per heavy atom. The molecule has 190 valence electrons. The van der Waals surface area contributed by atoms with Crippen LogP contribution in [0.5, 0.6) is 0 Å². The Bertz CT molecular complexity index is 1520. The minimum absolute atomic E-state index is 0.143. The van der Waals surface area contributed by atoms with Gasteiger partial charge in [-0.1, -0.05) is 44.2 Å². The Morgan fingerprint density at radius 3 is 2.57 bits per heavy atom. The maximum Gasteiger partial charge on any atom is 0.355 e. The molecule has 2 fully saturated rings. The van der Waals surface area contributed by atoms with Crippen LogP contribution in [0, 0.1) is 6.92 Å². The van der Waals surface area contributed by atoms with Crippen LogP contribution in [0.15, 0.2) is 53.5 Å². The molecule has 0 amide bonds. The first-order valence-corrected chi connectivity index (χ1v) is 13.4. The van der Waals surface area contributed by atoms with Crippen molar-refractivity contribution in [2.45, 2.75) is 58.4 Å². The summed E-state index contributed by atoms with van der Waals surface area (Å²) in [6.45, 7) is 10.9. The second kappa shape index (κ2) is 9.38. The number of nitrogens with one attached hydrogen (secondary N) is 1. The lowest BCUT2D eigenvalue weighted by molar-refractivity contribution is 0.497. The lowest BCUT2D eigenvalue weighted by Crippen LogP contribution is -2.50. The van der Waals surface area contributed by atoms with Crippen molar-refractivity contribution in [3.8, 4) is 16.9 Å². The molecule has 0 spiro atoms. The number of hydrogen-bond donors (Lipinski definition) is 1. The van der Waals surface area contributed by atoms with Crippen LogP contribution in [0.4, 0.5) is 5.82 Å². The molecule has 3 aromatic heterocycles. The SMILES string of the molecule is Cc1ccnc(C(C)C)c1-n1c(=O)nc(N2CCNCC2C)c2cc(C3CC3)c(-c3ccccc3)nc21. The molecule has 1 aliphatic heterocycles. The normalized spacial score (nSPS) is 18.1. The van der Waals surface area contributed by atoms with Crippen molar-refractivity contribution in [3.63, 3.8) is 0 Å². The van der Waals surface area contributed by atoms with Gasteiger partial charge in [0.15, 0.2) is 5.65 Å². The molecule has 0 bridgehead atoms. The van der Waals surface area contributed by atoms with Crippen LogP contribution in [0.3, 0.4) is 0 Å². The maximum atomic E-state index is 14.0. The number of pyridine rings is 2. The van der Waals surface area contributed by atoms with Crippen molar-refractivity contribution in [1.82, 2.24) is 24.8 Å². The number of piperazine rings is 1. The van der Waals surface area contributed by atoms with Crippen molar-refractivity contribution in [1.29, 1.82) is 0 Å². The lowest BCUT2D eigenvalue weighted by Gasteiger charge is -2.35. The molecule has 1 unspecified atom stereocenters. The number of benzene rings is 1. The van der Waals surface area contributed by atoms with E-state index in [2.05, 4.69) is 49.2 Å². The van der Waals surface area contributed by atoms with Crippen LogP contribution in [-0.2, 0) is 0 Å². The van der Waals surface area contributed by atoms with Gasteiger partial charge in [-0.2, -0.15) is 4.98 Å². The van der Waals surface area contributed by atoms with Crippen molar-refractivity contribution in [2.75, 3.05) is 24.5 Å². The third kappa shape index (κ3) is 4.21. The average Bonchev–Trinajstić information content (AvgIpc) is 3.74. The van der Waals surface area contributed by atoms with Gasteiger partial charge in [0.1, 0.15) is 5.82 Å². The van der Waals surface area contributed by atoms with Gasteiger partial charge in [-0.05, 0) is 61.8 Å². The molecule has 7 heteroatoms. The minimum Gasteiger partial charge on any atom is -0.351 e. The Morgan fingerprint density at radius 2 is 1.86 bits per heavy atom. The topological polar surface area (TPSA) is 75.9 Å². The molecule has 4 heterocycles. The summed E-state index contributed by atoms with van der Waals surface area (Å²) in [6, 6.07) is 14.8. The van der Waals surface area contributed by atoms with Gasteiger partial charge in [-0.3, -0.25) is 4.98 Å². The zero-order valence-corrected chi connectivity index (χ0v) is 22.0. The quantitative estimate of drug-likeness (QED) is 0.423. The molecule has 37 heavy (non-hydrogen) atoms. The fourth-order valence-corrected chi connectivity index (χ4v) is 5.54. The van der Waals surface area contributed by atoms with E-state index in [-0.39, 0.29) is 17.6 Å². The highest BCUT2D eigenvalue weighted by Gasteiger charge is 2.31. The number of aromatic nitrogens is 4. The van der Waals surface area contributed by atoms with Crippen LogP contribution >= 0.6 is 0 Å². The van der Waals surface area contributed by atoms with Gasteiger partial charge < -0.3 is 10.2 Å². The fourth-order valence-electron chi connectivity index (χ4n) is 5.54. The molecule has 1 saturated heterocycles. The first-order valence-electron chi connectivity index (χ1n) is 13.4. The van der Waals surface area contributed by atoms with Crippen LogP contribution in [0.2, 0.25) is 0 Å². The molecule has 0 radical (unpaired) electrons. The maximum absolute atomic E-state index is 14.0. The standard InChI is InChI=1S/C30H34N6O/c1-18(2)25-27(19(3)12-13-32-25)36-29-24(28(34-30(36)37)35-15-14-31-17-20(35)4)16-23(21-10-11-21)26(33-29)22-8-6-5-7-9-22/h5-9,12-13,16,18,20-21,31H,10-11,14-15,17H2,1-4H3. The van der Waals surface area contributed by atoms with Crippen LogP contribution in [-0.4, -0.2) is 45.2 Å². The zero-order valence-electron chi connectivity index (χ0n) is 22.0. The number of hydrogen-bond acceptors (Lipinski definition) is 6. The summed E-state index contributed by atoms with van der Waals surface area (Å²) >= 11 is 0. The Hall–Kier alpha value is -3.58. The van der Waals surface area contributed by atoms with E-state index in [1.807, 2.05) is 37.4 Å². The number of anilines is 1. The van der Waals surface area contributed by atoms with Gasteiger partial charge in [-0.25, -0.2) is 14.3 Å². The van der Waals surface area contributed by atoms with Crippen molar-refractivity contribution in [3.05, 3.63) is 76.0 Å². The number of nitrogens with zero attached hydrogens (tertiary/aromatic N) is 5. The predicted octanol–water partition coefficient (Wildman–Crippen LogP) is 4.95. The largest absolute Gasteiger partial charge is 0.355 e. The molecule has 6 rings (SSSR count). The molecular formula is C30H34N6O. The van der Waals surface area contributed by atoms with E-state index in [4.69, 9.17) is 15.0 Å². The summed E-state index contributed by atoms with van der Waals surface area (Å²) in [6.07, 6.45) is 4.15. The van der Waals surface area contributed by atoms with Gasteiger partial charge in [0, 0.05) is 37.4 Å². The third-order valence-electron chi connectivity index (χ3n) is 7.64. The highest BCUT2D eigenvalue weighted by molar-refractivity contribution is 5.91.